The van der Waals surface area contributed by atoms with E-state index in [4.69, 9.17) is 0 Å². The summed E-state index contributed by atoms with van der Waals surface area (Å²) in [6.07, 6.45) is -0.154. The van der Waals surface area contributed by atoms with Gasteiger partial charge >= 0.3 is 6.18 Å². The Labute approximate surface area is 190 Å². The van der Waals surface area contributed by atoms with E-state index in [1.807, 2.05) is 20.0 Å². The van der Waals surface area contributed by atoms with Crippen LogP contribution in [-0.2, 0) is 16.2 Å². The molecule has 2 aromatic rings. The molecule has 2 aromatic heterocycles. The highest BCUT2D eigenvalue weighted by Crippen LogP contribution is 2.36. The summed E-state index contributed by atoms with van der Waals surface area (Å²) in [5.41, 5.74) is 0.903. The molecule has 1 aliphatic rings. The normalized spacial score (nSPS) is 19.5. The van der Waals surface area contributed by atoms with Gasteiger partial charge in [-0.3, -0.25) is 4.68 Å². The van der Waals surface area contributed by atoms with Gasteiger partial charge in [0.25, 0.3) is 0 Å². The molecule has 1 fully saturated rings. The van der Waals surface area contributed by atoms with Crippen LogP contribution in [0.3, 0.4) is 0 Å². The van der Waals surface area contributed by atoms with Crippen LogP contribution in [0, 0.1) is 5.92 Å². The maximum atomic E-state index is 13.4. The summed E-state index contributed by atoms with van der Waals surface area (Å²) in [7, 11) is -3.42. The molecule has 2 atom stereocenters. The van der Waals surface area contributed by atoms with Crippen molar-refractivity contribution in [2.45, 2.75) is 32.0 Å². The van der Waals surface area contributed by atoms with Crippen LogP contribution in [0.2, 0.25) is 0 Å². The molecule has 14 heteroatoms. The average molecular weight is 492 g/mol. The first-order valence-electron chi connectivity index (χ1n) is 10.4. The van der Waals surface area contributed by atoms with E-state index >= 15 is 0 Å². The van der Waals surface area contributed by atoms with Crippen LogP contribution in [-0.4, -0.2) is 72.3 Å². The molecule has 3 N–H and O–H groups in total. The second-order valence-electron chi connectivity index (χ2n) is 8.33. The molecule has 0 unspecified atom stereocenters. The molecule has 10 nitrogen and oxygen atoms in total. The maximum Gasteiger partial charge on any atom is 0.451 e. The lowest BCUT2D eigenvalue weighted by Crippen LogP contribution is -2.28. The van der Waals surface area contributed by atoms with Gasteiger partial charge < -0.3 is 15.3 Å². The zero-order valence-corrected chi connectivity index (χ0v) is 19.4. The van der Waals surface area contributed by atoms with E-state index < -0.39 is 22.0 Å². The van der Waals surface area contributed by atoms with Crippen LogP contribution in [0.5, 0.6) is 0 Å². The number of nitrogens with zero attached hydrogens (tertiary/aromatic N) is 5. The fourth-order valence-electron chi connectivity index (χ4n) is 3.69. The first-order chi connectivity index (χ1) is 15.4. The van der Waals surface area contributed by atoms with Crippen LogP contribution >= 0.6 is 0 Å². The van der Waals surface area contributed by atoms with Crippen molar-refractivity contribution < 1.29 is 26.7 Å². The summed E-state index contributed by atoms with van der Waals surface area (Å²) in [6.45, 7) is 4.54. The standard InChI is InChI=1S/C19H28F3N7O3S/c1-12(2)29-9-13(7-24-29)15-10-28(8-14(15)11-30)17-6-16(23-4-5-25-33(3,31)32)26-18(27-17)19(20,21)22/h6-7,9,12,14-15,25,30H,4-5,8,10-11H2,1-3H3,(H,23,26,27)/t14-,15-/m0/s1. The number of hydrogen-bond acceptors (Lipinski definition) is 8. The number of alkyl halides is 3. The van der Waals surface area contributed by atoms with Crippen LogP contribution in [0.25, 0.3) is 0 Å². The molecule has 0 aliphatic carbocycles. The lowest BCUT2D eigenvalue weighted by Gasteiger charge is -2.20. The van der Waals surface area contributed by atoms with Crippen LogP contribution in [0.15, 0.2) is 18.5 Å². The molecule has 1 aliphatic heterocycles. The van der Waals surface area contributed by atoms with Crippen molar-refractivity contribution in [2.75, 3.05) is 49.3 Å². The number of halogens is 3. The van der Waals surface area contributed by atoms with Crippen molar-refractivity contribution in [1.82, 2.24) is 24.5 Å². The number of aliphatic hydroxyl groups excluding tert-OH is 1. The lowest BCUT2D eigenvalue weighted by atomic mass is 9.92. The number of nitrogens with one attached hydrogen (secondary N) is 2. The Bertz CT molecular complexity index is 1060. The van der Waals surface area contributed by atoms with E-state index in [-0.39, 0.29) is 49.2 Å². The fraction of sp³-hybridized carbons (Fsp3) is 0.632. The minimum Gasteiger partial charge on any atom is -0.396 e. The second kappa shape index (κ2) is 9.81. The van der Waals surface area contributed by atoms with Crippen molar-refractivity contribution in [3.8, 4) is 0 Å². The molecule has 1 saturated heterocycles. The quantitative estimate of drug-likeness (QED) is 0.450. The number of sulfonamides is 1. The van der Waals surface area contributed by atoms with Crippen molar-refractivity contribution >= 4 is 21.7 Å². The SMILES string of the molecule is CC(C)n1cc([C@@H]2CN(c3cc(NCCNS(C)(=O)=O)nc(C(F)(F)F)n3)C[C@H]2CO)cn1. The number of aromatic nitrogens is 4. The van der Waals surface area contributed by atoms with Gasteiger partial charge in [-0.15, -0.1) is 0 Å². The third kappa shape index (κ3) is 6.54. The van der Waals surface area contributed by atoms with E-state index in [1.165, 1.54) is 6.07 Å². The topological polar surface area (TPSA) is 125 Å². The average Bonchev–Trinajstić information content (AvgIpc) is 3.36. The molecule has 184 valence electrons. The Kier molecular flexibility index (Phi) is 7.49. The summed E-state index contributed by atoms with van der Waals surface area (Å²) in [6, 6.07) is 1.55. The van der Waals surface area contributed by atoms with Crippen molar-refractivity contribution in [1.29, 1.82) is 0 Å². The smallest absolute Gasteiger partial charge is 0.396 e. The van der Waals surface area contributed by atoms with Gasteiger partial charge in [-0.1, -0.05) is 0 Å². The van der Waals surface area contributed by atoms with Crippen LogP contribution in [0.1, 0.15) is 37.2 Å². The summed E-state index contributed by atoms with van der Waals surface area (Å²) >= 11 is 0. The zero-order valence-electron chi connectivity index (χ0n) is 18.5. The first kappa shape index (κ1) is 25.2. The van der Waals surface area contributed by atoms with Gasteiger partial charge in [0, 0.05) is 62.9 Å². The molecular formula is C19H28F3N7O3S. The fourth-order valence-corrected chi connectivity index (χ4v) is 4.16. The minimum atomic E-state index is -4.76. The largest absolute Gasteiger partial charge is 0.451 e. The highest BCUT2D eigenvalue weighted by atomic mass is 32.2. The predicted octanol–water partition coefficient (Wildman–Crippen LogP) is 1.45. The van der Waals surface area contributed by atoms with Gasteiger partial charge in [-0.05, 0) is 19.4 Å². The Morgan fingerprint density at radius 3 is 2.55 bits per heavy atom. The molecule has 33 heavy (non-hydrogen) atoms. The van der Waals surface area contributed by atoms with Gasteiger partial charge in [-0.25, -0.2) is 23.1 Å². The van der Waals surface area contributed by atoms with E-state index in [2.05, 4.69) is 25.1 Å². The van der Waals surface area contributed by atoms with Gasteiger partial charge in [0.1, 0.15) is 11.6 Å². The maximum absolute atomic E-state index is 13.4. The first-order valence-corrected chi connectivity index (χ1v) is 12.3. The highest BCUT2D eigenvalue weighted by molar-refractivity contribution is 7.88. The Balaban J connectivity index is 1.82. The van der Waals surface area contributed by atoms with E-state index in [0.29, 0.717) is 13.1 Å². The third-order valence-electron chi connectivity index (χ3n) is 5.34. The lowest BCUT2D eigenvalue weighted by molar-refractivity contribution is -0.144. The minimum absolute atomic E-state index is 0.0161. The van der Waals surface area contributed by atoms with E-state index in [9.17, 15) is 26.7 Å². The molecular weight excluding hydrogens is 463 g/mol. The van der Waals surface area contributed by atoms with Gasteiger partial charge in [-0.2, -0.15) is 18.3 Å². The summed E-state index contributed by atoms with van der Waals surface area (Å²) in [5.74, 6) is -1.61. The van der Waals surface area contributed by atoms with E-state index in [0.717, 1.165) is 11.8 Å². The number of rotatable bonds is 9. The Morgan fingerprint density at radius 2 is 1.97 bits per heavy atom. The molecule has 0 aromatic carbocycles. The van der Waals surface area contributed by atoms with Gasteiger partial charge in [0.05, 0.1) is 12.5 Å². The van der Waals surface area contributed by atoms with Crippen molar-refractivity contribution in [2.24, 2.45) is 5.92 Å². The van der Waals surface area contributed by atoms with Crippen molar-refractivity contribution in [3.63, 3.8) is 0 Å². The number of aliphatic hydroxyl groups is 1. The third-order valence-corrected chi connectivity index (χ3v) is 6.07. The molecule has 0 bridgehead atoms. The van der Waals surface area contributed by atoms with Crippen LogP contribution < -0.4 is 14.9 Å². The number of hydrogen-bond donors (Lipinski definition) is 3. The monoisotopic (exact) mass is 491 g/mol. The summed E-state index contributed by atoms with van der Waals surface area (Å²) < 4.78 is 66.6. The summed E-state index contributed by atoms with van der Waals surface area (Å²) in [4.78, 5) is 8.95. The molecule has 0 saturated carbocycles. The van der Waals surface area contributed by atoms with Crippen molar-refractivity contribution in [3.05, 3.63) is 29.8 Å². The molecule has 3 rings (SSSR count). The van der Waals surface area contributed by atoms with Gasteiger partial charge in [0.2, 0.25) is 15.8 Å². The number of anilines is 2. The Hall–Kier alpha value is -2.45. The molecule has 0 radical (unpaired) electrons. The Morgan fingerprint density at radius 1 is 1.24 bits per heavy atom. The summed E-state index contributed by atoms with van der Waals surface area (Å²) in [5, 5.41) is 16.9. The second-order valence-corrected chi connectivity index (χ2v) is 10.2. The van der Waals surface area contributed by atoms with Crippen LogP contribution in [0.4, 0.5) is 24.8 Å². The van der Waals surface area contributed by atoms with E-state index in [1.54, 1.807) is 15.8 Å². The molecule has 3 heterocycles. The zero-order chi connectivity index (χ0) is 24.4. The molecule has 0 spiro atoms. The molecule has 0 amide bonds. The predicted molar refractivity (Wildman–Crippen MR) is 117 cm³/mol. The highest BCUT2D eigenvalue weighted by Gasteiger charge is 2.38. The van der Waals surface area contributed by atoms with Gasteiger partial charge in [0.15, 0.2) is 0 Å².